The quantitative estimate of drug-likeness (QED) is 0.364. The molecule has 146 valence electrons. The zero-order valence-corrected chi connectivity index (χ0v) is 15.4. The number of amides is 3. The first kappa shape index (κ1) is 18.3. The number of carbonyl (C=O) groups is 3. The SMILES string of the molecule is CC[C@H](C(=O)Nc1ccccc1[N+](=O)[O-])N1C(=O)[C@H]2[C@H](C1=O)[C@H]1C=C[C@H]2CC1. The van der Waals surface area contributed by atoms with Crippen molar-refractivity contribution in [1.82, 2.24) is 4.90 Å². The van der Waals surface area contributed by atoms with Crippen molar-refractivity contribution in [3.63, 3.8) is 0 Å². The molecule has 0 aromatic heterocycles. The molecule has 5 rings (SSSR count). The molecule has 0 radical (unpaired) electrons. The van der Waals surface area contributed by atoms with Crippen molar-refractivity contribution in [1.29, 1.82) is 0 Å². The number of hydrogen-bond donors (Lipinski definition) is 1. The normalized spacial score (nSPS) is 29.0. The highest BCUT2D eigenvalue weighted by Crippen LogP contribution is 2.50. The number of nitrogens with one attached hydrogen (secondary N) is 1. The number of likely N-dealkylation sites (tertiary alicyclic amines) is 1. The number of allylic oxidation sites excluding steroid dienone is 2. The Morgan fingerprint density at radius 3 is 2.25 bits per heavy atom. The van der Waals surface area contributed by atoms with E-state index in [0.717, 1.165) is 17.7 Å². The van der Waals surface area contributed by atoms with Gasteiger partial charge >= 0.3 is 0 Å². The lowest BCUT2D eigenvalue weighted by Gasteiger charge is -2.38. The molecule has 8 nitrogen and oxygen atoms in total. The van der Waals surface area contributed by atoms with Gasteiger partial charge in [0.1, 0.15) is 11.7 Å². The number of para-hydroxylation sites is 2. The average Bonchev–Trinajstić information content (AvgIpc) is 2.97. The summed E-state index contributed by atoms with van der Waals surface area (Å²) in [6.07, 6.45) is 6.06. The first-order valence-electron chi connectivity index (χ1n) is 9.53. The van der Waals surface area contributed by atoms with Gasteiger partial charge in [-0.2, -0.15) is 0 Å². The predicted octanol–water partition coefficient (Wildman–Crippen LogP) is 2.51. The van der Waals surface area contributed by atoms with Crippen LogP contribution in [0.3, 0.4) is 0 Å². The highest BCUT2D eigenvalue weighted by molar-refractivity contribution is 6.10. The van der Waals surface area contributed by atoms with Gasteiger partial charge < -0.3 is 5.32 Å². The van der Waals surface area contributed by atoms with Crippen molar-refractivity contribution < 1.29 is 19.3 Å². The van der Waals surface area contributed by atoms with Gasteiger partial charge in [0.2, 0.25) is 17.7 Å². The van der Waals surface area contributed by atoms with Crippen molar-refractivity contribution >= 4 is 29.1 Å². The van der Waals surface area contributed by atoms with Crippen molar-refractivity contribution in [2.45, 2.75) is 32.2 Å². The summed E-state index contributed by atoms with van der Waals surface area (Å²) in [5, 5.41) is 13.7. The van der Waals surface area contributed by atoms with Gasteiger partial charge in [-0.05, 0) is 37.2 Å². The number of fused-ring (bicyclic) bond motifs is 1. The topological polar surface area (TPSA) is 110 Å². The molecule has 1 aromatic rings. The Hall–Kier alpha value is -3.03. The molecule has 8 heteroatoms. The molecule has 1 saturated carbocycles. The maximum Gasteiger partial charge on any atom is 0.292 e. The summed E-state index contributed by atoms with van der Waals surface area (Å²) in [4.78, 5) is 50.7. The Labute approximate surface area is 161 Å². The molecule has 2 fully saturated rings. The fraction of sp³-hybridized carbons (Fsp3) is 0.450. The lowest BCUT2D eigenvalue weighted by Crippen LogP contribution is -2.47. The first-order chi connectivity index (χ1) is 13.4. The average molecular weight is 383 g/mol. The second-order valence-corrected chi connectivity index (χ2v) is 7.58. The second-order valence-electron chi connectivity index (χ2n) is 7.58. The fourth-order valence-electron chi connectivity index (χ4n) is 4.84. The molecule has 28 heavy (non-hydrogen) atoms. The summed E-state index contributed by atoms with van der Waals surface area (Å²) >= 11 is 0. The molecule has 0 spiro atoms. The van der Waals surface area contributed by atoms with Crippen molar-refractivity contribution in [2.75, 3.05) is 5.32 Å². The zero-order chi connectivity index (χ0) is 20.0. The van der Waals surface area contributed by atoms with Crippen LogP contribution in [0.25, 0.3) is 0 Å². The molecule has 4 aliphatic rings. The summed E-state index contributed by atoms with van der Waals surface area (Å²) in [6.45, 7) is 1.72. The number of benzene rings is 1. The largest absolute Gasteiger partial charge is 0.319 e. The molecule has 3 aliphatic carbocycles. The van der Waals surface area contributed by atoms with E-state index < -0.39 is 16.9 Å². The van der Waals surface area contributed by atoms with Gasteiger partial charge in [-0.15, -0.1) is 0 Å². The molecular formula is C20H21N3O5. The van der Waals surface area contributed by atoms with Gasteiger partial charge in [0.05, 0.1) is 16.8 Å². The fourth-order valence-corrected chi connectivity index (χ4v) is 4.84. The van der Waals surface area contributed by atoms with Crippen molar-refractivity contribution in [2.24, 2.45) is 23.7 Å². The molecule has 1 heterocycles. The second kappa shape index (κ2) is 6.85. The number of nitro groups is 1. The smallest absolute Gasteiger partial charge is 0.292 e. The summed E-state index contributed by atoms with van der Waals surface area (Å²) in [5.41, 5.74) is -0.185. The van der Waals surface area contributed by atoms with E-state index in [1.807, 2.05) is 12.2 Å². The van der Waals surface area contributed by atoms with Gasteiger partial charge in [-0.3, -0.25) is 29.4 Å². The lowest BCUT2D eigenvalue weighted by atomic mass is 9.63. The summed E-state index contributed by atoms with van der Waals surface area (Å²) in [7, 11) is 0. The van der Waals surface area contributed by atoms with Crippen LogP contribution in [-0.4, -0.2) is 33.6 Å². The van der Waals surface area contributed by atoms with Crippen LogP contribution in [-0.2, 0) is 14.4 Å². The zero-order valence-electron chi connectivity index (χ0n) is 15.4. The number of anilines is 1. The highest BCUT2D eigenvalue weighted by Gasteiger charge is 2.58. The number of imide groups is 1. The van der Waals surface area contributed by atoms with Crippen molar-refractivity contribution in [3.8, 4) is 0 Å². The lowest BCUT2D eigenvalue weighted by molar-refractivity contribution is -0.383. The predicted molar refractivity (Wildman–Crippen MR) is 100.0 cm³/mol. The molecule has 0 unspecified atom stereocenters. The monoisotopic (exact) mass is 383 g/mol. The van der Waals surface area contributed by atoms with E-state index >= 15 is 0 Å². The van der Waals surface area contributed by atoms with E-state index in [-0.39, 0.29) is 53.3 Å². The van der Waals surface area contributed by atoms with Crippen LogP contribution >= 0.6 is 0 Å². The van der Waals surface area contributed by atoms with E-state index in [4.69, 9.17) is 0 Å². The van der Waals surface area contributed by atoms with Gasteiger partial charge in [-0.1, -0.05) is 31.2 Å². The van der Waals surface area contributed by atoms with Crippen LogP contribution in [0.2, 0.25) is 0 Å². The molecule has 5 atom stereocenters. The molecular weight excluding hydrogens is 362 g/mol. The van der Waals surface area contributed by atoms with E-state index in [1.165, 1.54) is 18.2 Å². The Balaban J connectivity index is 1.59. The number of nitrogens with zero attached hydrogens (tertiary/aromatic N) is 2. The maximum atomic E-state index is 13.1. The molecule has 1 N–H and O–H groups in total. The van der Waals surface area contributed by atoms with Crippen LogP contribution in [0, 0.1) is 33.8 Å². The number of carbonyl (C=O) groups excluding carboxylic acids is 3. The minimum Gasteiger partial charge on any atom is -0.319 e. The Kier molecular flexibility index (Phi) is 4.49. The van der Waals surface area contributed by atoms with E-state index in [2.05, 4.69) is 5.32 Å². The Morgan fingerprint density at radius 2 is 1.75 bits per heavy atom. The number of hydrogen-bond acceptors (Lipinski definition) is 5. The molecule has 3 amide bonds. The summed E-state index contributed by atoms with van der Waals surface area (Å²) in [5.74, 6) is -1.84. The van der Waals surface area contributed by atoms with Gasteiger partial charge in [0.15, 0.2) is 0 Å². The minimum atomic E-state index is -0.982. The van der Waals surface area contributed by atoms with Crippen LogP contribution in [0.1, 0.15) is 26.2 Å². The van der Waals surface area contributed by atoms with E-state index in [0.29, 0.717) is 0 Å². The maximum absolute atomic E-state index is 13.1. The Bertz CT molecular complexity index is 864. The summed E-state index contributed by atoms with van der Waals surface area (Å²) in [6, 6.07) is 4.82. The third-order valence-corrected chi connectivity index (χ3v) is 6.15. The Morgan fingerprint density at radius 1 is 1.18 bits per heavy atom. The molecule has 1 aromatic carbocycles. The minimum absolute atomic E-state index is 0.0484. The van der Waals surface area contributed by atoms with E-state index in [9.17, 15) is 24.5 Å². The van der Waals surface area contributed by atoms with Crippen molar-refractivity contribution in [3.05, 3.63) is 46.5 Å². The summed E-state index contributed by atoms with van der Waals surface area (Å²) < 4.78 is 0. The highest BCUT2D eigenvalue weighted by atomic mass is 16.6. The number of rotatable bonds is 5. The third kappa shape index (κ3) is 2.71. The third-order valence-electron chi connectivity index (χ3n) is 6.15. The van der Waals surface area contributed by atoms with E-state index in [1.54, 1.807) is 13.0 Å². The van der Waals surface area contributed by atoms with Crippen LogP contribution in [0.5, 0.6) is 0 Å². The van der Waals surface area contributed by atoms with Gasteiger partial charge in [-0.25, -0.2) is 0 Å². The van der Waals surface area contributed by atoms with Crippen LogP contribution in [0.15, 0.2) is 36.4 Å². The molecule has 1 aliphatic heterocycles. The van der Waals surface area contributed by atoms with Crippen LogP contribution in [0.4, 0.5) is 11.4 Å². The van der Waals surface area contributed by atoms with Gasteiger partial charge in [0.25, 0.3) is 5.69 Å². The molecule has 2 bridgehead atoms. The first-order valence-corrected chi connectivity index (χ1v) is 9.53. The van der Waals surface area contributed by atoms with Gasteiger partial charge in [0, 0.05) is 6.07 Å². The van der Waals surface area contributed by atoms with Crippen LogP contribution < -0.4 is 5.32 Å². The number of nitro benzene ring substituents is 1. The standard InChI is InChI=1S/C20H21N3O5/c1-2-14(18(24)21-13-5-3-4-6-15(13)23(27)28)22-19(25)16-11-7-8-12(10-9-11)17(16)20(22)26/h3-8,11-12,14,16-17H,2,9-10H2,1H3,(H,21,24)/t11-,12-,14+,16+,17+/m0/s1. The molecule has 1 saturated heterocycles.